The number of benzene rings is 3. The molecule has 7 heteroatoms. The van der Waals surface area contributed by atoms with Crippen LogP contribution in [0.25, 0.3) is 11.8 Å². The fraction of sp³-hybridized carbons (Fsp3) is 0.0741. The van der Waals surface area contributed by atoms with Gasteiger partial charge in [-0.2, -0.15) is 0 Å². The molecule has 1 aliphatic rings. The third-order valence-corrected chi connectivity index (χ3v) is 6.03. The maximum absolute atomic E-state index is 13.7. The van der Waals surface area contributed by atoms with Gasteiger partial charge in [0.1, 0.15) is 17.2 Å². The fourth-order valence-electron chi connectivity index (χ4n) is 4.07. The molecule has 0 fully saturated rings. The number of para-hydroxylation sites is 1. The number of aromatic nitrogens is 2. The number of hydrogen-bond donors (Lipinski definition) is 0. The highest BCUT2D eigenvalue weighted by atomic mass is 35.5. The van der Waals surface area contributed by atoms with Gasteiger partial charge in [-0.1, -0.05) is 72.3 Å². The summed E-state index contributed by atoms with van der Waals surface area (Å²) in [7, 11) is 1.80. The molecule has 34 heavy (non-hydrogen) atoms. The van der Waals surface area contributed by atoms with Gasteiger partial charge in [0, 0.05) is 17.6 Å². The first kappa shape index (κ1) is 21.7. The first-order chi connectivity index (χ1) is 16.5. The number of anilines is 1. The minimum Gasteiger partial charge on any atom is -0.283 e. The van der Waals surface area contributed by atoms with Crippen LogP contribution in [0.2, 0.25) is 5.02 Å². The number of aliphatic imine (C=N–C) groups is 1. The van der Waals surface area contributed by atoms with Crippen molar-refractivity contribution in [3.8, 4) is 5.69 Å². The number of amidine groups is 1. The van der Waals surface area contributed by atoms with Crippen molar-refractivity contribution in [1.82, 2.24) is 9.36 Å². The third kappa shape index (κ3) is 3.68. The maximum atomic E-state index is 13.7. The number of nitrogens with zero attached hydrogens (tertiary/aromatic N) is 4. The molecule has 0 aliphatic carbocycles. The summed E-state index contributed by atoms with van der Waals surface area (Å²) in [4.78, 5) is 33.5. The van der Waals surface area contributed by atoms with Gasteiger partial charge in [-0.05, 0) is 42.8 Å². The molecule has 1 aliphatic heterocycles. The second-order valence-corrected chi connectivity index (χ2v) is 8.37. The fourth-order valence-corrected chi connectivity index (χ4v) is 4.27. The van der Waals surface area contributed by atoms with Crippen molar-refractivity contribution in [3.05, 3.63) is 123 Å². The summed E-state index contributed by atoms with van der Waals surface area (Å²) in [6.45, 7) is 1.82. The van der Waals surface area contributed by atoms with Gasteiger partial charge >= 0.3 is 0 Å². The maximum Gasteiger partial charge on any atom is 0.296 e. The minimum atomic E-state index is -0.371. The van der Waals surface area contributed by atoms with E-state index in [4.69, 9.17) is 11.6 Å². The molecular weight excluding hydrogens is 448 g/mol. The van der Waals surface area contributed by atoms with Crippen LogP contribution in [0.3, 0.4) is 0 Å². The van der Waals surface area contributed by atoms with Crippen LogP contribution in [-0.2, 0) is 11.8 Å². The molecule has 0 atom stereocenters. The minimum absolute atomic E-state index is 0.232. The molecule has 0 bridgehead atoms. The van der Waals surface area contributed by atoms with Crippen molar-refractivity contribution < 1.29 is 4.79 Å². The zero-order chi connectivity index (χ0) is 23.8. The molecule has 1 amide bonds. The van der Waals surface area contributed by atoms with Crippen molar-refractivity contribution in [3.63, 3.8) is 0 Å². The van der Waals surface area contributed by atoms with Crippen molar-refractivity contribution in [2.45, 2.75) is 6.92 Å². The highest BCUT2D eigenvalue weighted by molar-refractivity contribution is 6.33. The van der Waals surface area contributed by atoms with E-state index >= 15 is 0 Å². The Bertz CT molecular complexity index is 1520. The lowest BCUT2D eigenvalue weighted by Gasteiger charge is -2.17. The molecule has 2 heterocycles. The number of amides is 1. The largest absolute Gasteiger partial charge is 0.296 e. The lowest BCUT2D eigenvalue weighted by atomic mass is 10.1. The summed E-state index contributed by atoms with van der Waals surface area (Å²) in [6, 6.07) is 25.9. The summed E-state index contributed by atoms with van der Waals surface area (Å²) in [5.74, 6) is 0.0368. The van der Waals surface area contributed by atoms with E-state index in [1.54, 1.807) is 34.6 Å². The van der Waals surface area contributed by atoms with E-state index in [-0.39, 0.29) is 22.9 Å². The molecule has 0 unspecified atom stereocenters. The predicted octanol–water partition coefficient (Wildman–Crippen LogP) is 4.97. The first-order valence-electron chi connectivity index (χ1n) is 10.8. The van der Waals surface area contributed by atoms with Crippen LogP contribution < -0.4 is 10.5 Å². The van der Waals surface area contributed by atoms with E-state index in [2.05, 4.69) is 4.99 Å². The second kappa shape index (κ2) is 8.65. The van der Waals surface area contributed by atoms with Gasteiger partial charge in [0.15, 0.2) is 0 Å². The van der Waals surface area contributed by atoms with Gasteiger partial charge in [0.2, 0.25) is 0 Å². The Labute approximate surface area is 201 Å². The van der Waals surface area contributed by atoms with Gasteiger partial charge in [0.25, 0.3) is 11.5 Å². The van der Waals surface area contributed by atoms with Gasteiger partial charge < -0.3 is 0 Å². The Hall–Kier alpha value is -4.16. The van der Waals surface area contributed by atoms with Crippen LogP contribution in [-0.4, -0.2) is 21.1 Å². The Morgan fingerprint density at radius 2 is 1.56 bits per heavy atom. The van der Waals surface area contributed by atoms with Gasteiger partial charge in [-0.15, -0.1) is 0 Å². The topological polar surface area (TPSA) is 59.6 Å². The van der Waals surface area contributed by atoms with Gasteiger partial charge in [-0.3, -0.25) is 19.2 Å². The van der Waals surface area contributed by atoms with Crippen LogP contribution >= 0.6 is 11.6 Å². The van der Waals surface area contributed by atoms with Crippen molar-refractivity contribution in [2.75, 3.05) is 4.90 Å². The summed E-state index contributed by atoms with van der Waals surface area (Å²) in [5, 5.41) is 0.563. The molecule has 5 rings (SSSR count). The Morgan fingerprint density at radius 3 is 2.24 bits per heavy atom. The lowest BCUT2D eigenvalue weighted by Crippen LogP contribution is -2.36. The van der Waals surface area contributed by atoms with Crippen LogP contribution in [0, 0.1) is 6.92 Å². The standard InChI is InChI=1S/C27H21ClN4O2/c1-18-24(27(34)32(30(18)2)22-14-7-4-8-15-22)31-25(20-11-5-3-6-12-20)29-23(26(31)33)17-19-10-9-13-21(28)16-19/h3-17H,1-2H3. The first-order valence-corrected chi connectivity index (χ1v) is 11.1. The zero-order valence-electron chi connectivity index (χ0n) is 18.6. The third-order valence-electron chi connectivity index (χ3n) is 5.79. The SMILES string of the molecule is Cc1c(N2C(=O)C(=Cc3cccc(Cl)c3)N=C2c2ccccc2)c(=O)n(-c2ccccc2)n1C. The molecule has 1 aromatic heterocycles. The zero-order valence-corrected chi connectivity index (χ0v) is 19.4. The van der Waals surface area contributed by atoms with Crippen LogP contribution in [0.4, 0.5) is 5.69 Å². The predicted molar refractivity (Wildman–Crippen MR) is 136 cm³/mol. The molecule has 0 saturated heterocycles. The summed E-state index contributed by atoms with van der Waals surface area (Å²) >= 11 is 6.13. The molecule has 3 aromatic carbocycles. The summed E-state index contributed by atoms with van der Waals surface area (Å²) in [6.07, 6.45) is 1.69. The highest BCUT2D eigenvalue weighted by Crippen LogP contribution is 2.29. The van der Waals surface area contributed by atoms with Crippen molar-refractivity contribution in [2.24, 2.45) is 12.0 Å². The number of hydrogen-bond acceptors (Lipinski definition) is 3. The van der Waals surface area contributed by atoms with Crippen LogP contribution in [0.1, 0.15) is 16.8 Å². The number of halogens is 1. The van der Waals surface area contributed by atoms with E-state index in [9.17, 15) is 9.59 Å². The molecular formula is C27H21ClN4O2. The summed E-state index contributed by atoms with van der Waals surface area (Å²) in [5.41, 5.74) is 3.05. The molecule has 0 N–H and O–H groups in total. The van der Waals surface area contributed by atoms with Gasteiger partial charge in [-0.25, -0.2) is 9.67 Å². The monoisotopic (exact) mass is 468 g/mol. The normalized spacial score (nSPS) is 14.7. The Balaban J connectivity index is 1.70. The van der Waals surface area contributed by atoms with E-state index in [0.29, 0.717) is 22.2 Å². The highest BCUT2D eigenvalue weighted by Gasteiger charge is 2.37. The van der Waals surface area contributed by atoms with Crippen LogP contribution in [0.5, 0.6) is 0 Å². The average Bonchev–Trinajstić information content (AvgIpc) is 3.27. The van der Waals surface area contributed by atoms with Crippen molar-refractivity contribution >= 4 is 35.1 Å². The molecule has 6 nitrogen and oxygen atoms in total. The van der Waals surface area contributed by atoms with Crippen molar-refractivity contribution in [1.29, 1.82) is 0 Å². The second-order valence-electron chi connectivity index (χ2n) is 7.94. The number of carbonyl (C=O) groups is 1. The van der Waals surface area contributed by atoms with E-state index in [0.717, 1.165) is 11.1 Å². The molecule has 168 valence electrons. The molecule has 0 saturated carbocycles. The van der Waals surface area contributed by atoms with Crippen LogP contribution in [0.15, 0.2) is 100 Å². The van der Waals surface area contributed by atoms with E-state index < -0.39 is 0 Å². The van der Waals surface area contributed by atoms with Gasteiger partial charge in [0.05, 0.1) is 11.4 Å². The number of rotatable bonds is 4. The lowest BCUT2D eigenvalue weighted by molar-refractivity contribution is -0.113. The summed E-state index contributed by atoms with van der Waals surface area (Å²) < 4.78 is 3.31. The quantitative estimate of drug-likeness (QED) is 0.397. The van der Waals surface area contributed by atoms with E-state index in [1.165, 1.54) is 4.90 Å². The average molecular weight is 469 g/mol. The molecule has 4 aromatic rings. The van der Waals surface area contributed by atoms with E-state index in [1.807, 2.05) is 79.7 Å². The smallest absolute Gasteiger partial charge is 0.283 e. The molecule has 0 radical (unpaired) electrons. The Kier molecular flexibility index (Phi) is 5.51. The molecule has 0 spiro atoms. The number of carbonyl (C=O) groups excluding carboxylic acids is 1. The Morgan fingerprint density at radius 1 is 0.882 bits per heavy atom.